The number of thiophene rings is 1. The van der Waals surface area contributed by atoms with E-state index in [0.29, 0.717) is 0 Å². The number of aliphatic hydroxyl groups excluding tert-OH is 1. The molecule has 0 spiro atoms. The van der Waals surface area contributed by atoms with Gasteiger partial charge in [0.25, 0.3) is 0 Å². The maximum Gasteiger partial charge on any atom is 0.319 e. The molecule has 2 heterocycles. The van der Waals surface area contributed by atoms with Crippen LogP contribution in [0.4, 0.5) is 16.2 Å². The first-order chi connectivity index (χ1) is 12.8. The number of carbonyl (C=O) groups excluding carboxylic acids is 1. The van der Waals surface area contributed by atoms with Crippen LogP contribution in [-0.4, -0.2) is 30.3 Å². The zero-order valence-electron chi connectivity index (χ0n) is 16.2. The van der Waals surface area contributed by atoms with Gasteiger partial charge >= 0.3 is 6.03 Å². The molecule has 27 heavy (non-hydrogen) atoms. The summed E-state index contributed by atoms with van der Waals surface area (Å²) in [6, 6.07) is 11.7. The minimum atomic E-state index is -0.219. The van der Waals surface area contributed by atoms with Crippen molar-refractivity contribution in [2.24, 2.45) is 5.41 Å². The molecular weight excluding hydrogens is 358 g/mol. The Bertz CT molecular complexity index is 747. The fourth-order valence-corrected chi connectivity index (χ4v) is 4.44. The summed E-state index contributed by atoms with van der Waals surface area (Å²) in [5.41, 5.74) is 1.71. The second-order valence-electron chi connectivity index (χ2n) is 8.15. The molecular formula is C21H29N3O2S. The van der Waals surface area contributed by atoms with Crippen LogP contribution in [0.15, 0.2) is 41.8 Å². The Balaban J connectivity index is 1.72. The van der Waals surface area contributed by atoms with Gasteiger partial charge in [-0.1, -0.05) is 39.0 Å². The summed E-state index contributed by atoms with van der Waals surface area (Å²) in [4.78, 5) is 16.1. The van der Waals surface area contributed by atoms with Gasteiger partial charge < -0.3 is 20.6 Å². The molecule has 0 bridgehead atoms. The molecule has 1 saturated heterocycles. The minimum Gasteiger partial charge on any atom is -0.393 e. The van der Waals surface area contributed by atoms with Crippen LogP contribution < -0.4 is 15.5 Å². The number of piperidine rings is 1. The van der Waals surface area contributed by atoms with Crippen molar-refractivity contribution >= 4 is 28.7 Å². The second-order valence-corrected chi connectivity index (χ2v) is 9.13. The molecule has 3 N–H and O–H groups in total. The number of carbonyl (C=O) groups is 1. The van der Waals surface area contributed by atoms with E-state index >= 15 is 0 Å². The lowest BCUT2D eigenvalue weighted by atomic mass is 9.86. The molecule has 2 amide bonds. The Labute approximate surface area is 165 Å². The highest BCUT2D eigenvalue weighted by Gasteiger charge is 2.29. The van der Waals surface area contributed by atoms with Crippen LogP contribution in [0, 0.1) is 5.41 Å². The van der Waals surface area contributed by atoms with Gasteiger partial charge in [-0.2, -0.15) is 0 Å². The first-order valence-corrected chi connectivity index (χ1v) is 10.4. The van der Waals surface area contributed by atoms with Crippen LogP contribution >= 0.6 is 11.3 Å². The molecule has 0 aliphatic carbocycles. The van der Waals surface area contributed by atoms with Gasteiger partial charge in [-0.05, 0) is 41.8 Å². The molecule has 5 nitrogen and oxygen atoms in total. The summed E-state index contributed by atoms with van der Waals surface area (Å²) in [6.07, 6.45) is 1.29. The Morgan fingerprint density at radius 2 is 1.89 bits per heavy atom. The SMILES string of the molecule is CC(C)(C)[C@@H](NC(=O)Nc1ccccc1N1CCC(O)CC1)c1cccs1. The molecule has 3 rings (SSSR count). The molecule has 1 fully saturated rings. The number of nitrogens with one attached hydrogen (secondary N) is 2. The molecule has 6 heteroatoms. The fraction of sp³-hybridized carbons (Fsp3) is 0.476. The zero-order chi connectivity index (χ0) is 19.4. The van der Waals surface area contributed by atoms with Gasteiger partial charge in [-0.3, -0.25) is 0 Å². The Hall–Kier alpha value is -2.05. The molecule has 0 saturated carbocycles. The number of aliphatic hydroxyl groups is 1. The van der Waals surface area contributed by atoms with Gasteiger partial charge in [0.05, 0.1) is 23.5 Å². The summed E-state index contributed by atoms with van der Waals surface area (Å²) >= 11 is 1.66. The van der Waals surface area contributed by atoms with Gasteiger partial charge in [-0.15, -0.1) is 11.3 Å². The van der Waals surface area contributed by atoms with Crippen LogP contribution in [0.2, 0.25) is 0 Å². The number of nitrogens with zero attached hydrogens (tertiary/aromatic N) is 1. The van der Waals surface area contributed by atoms with E-state index in [1.165, 1.54) is 0 Å². The maximum absolute atomic E-state index is 12.8. The summed E-state index contributed by atoms with van der Waals surface area (Å²) < 4.78 is 0. The molecule has 146 valence electrons. The van der Waals surface area contributed by atoms with Gasteiger partial charge in [0.2, 0.25) is 0 Å². The van der Waals surface area contributed by atoms with Crippen molar-refractivity contribution in [2.45, 2.75) is 45.8 Å². The number of rotatable bonds is 4. The Morgan fingerprint density at radius 3 is 2.52 bits per heavy atom. The maximum atomic E-state index is 12.8. The first kappa shape index (κ1) is 19.7. The number of hydrogen-bond donors (Lipinski definition) is 3. The zero-order valence-corrected chi connectivity index (χ0v) is 17.1. The number of para-hydroxylation sites is 2. The van der Waals surface area contributed by atoms with Crippen LogP contribution in [-0.2, 0) is 0 Å². The highest BCUT2D eigenvalue weighted by Crippen LogP contribution is 2.35. The van der Waals surface area contributed by atoms with Crippen LogP contribution in [0.1, 0.15) is 44.5 Å². The largest absolute Gasteiger partial charge is 0.393 e. The third kappa shape index (κ3) is 5.02. The lowest BCUT2D eigenvalue weighted by Crippen LogP contribution is -2.39. The number of anilines is 2. The third-order valence-corrected chi connectivity index (χ3v) is 5.86. The number of benzene rings is 1. The monoisotopic (exact) mass is 387 g/mol. The lowest BCUT2D eigenvalue weighted by molar-refractivity contribution is 0.145. The van der Waals surface area contributed by atoms with Crippen LogP contribution in [0.25, 0.3) is 0 Å². The van der Waals surface area contributed by atoms with Crippen molar-refractivity contribution in [1.29, 1.82) is 0 Å². The second kappa shape index (κ2) is 8.31. The molecule has 1 aromatic carbocycles. The average Bonchev–Trinajstić information content (AvgIpc) is 3.14. The van der Waals surface area contributed by atoms with E-state index in [-0.39, 0.29) is 23.6 Å². The van der Waals surface area contributed by atoms with Crippen molar-refractivity contribution in [2.75, 3.05) is 23.3 Å². The average molecular weight is 388 g/mol. The standard InChI is InChI=1S/C21H29N3O2S/c1-21(2,3)19(18-9-6-14-27-18)23-20(26)22-16-7-4-5-8-17(16)24-12-10-15(25)11-13-24/h4-9,14-15,19,25H,10-13H2,1-3H3,(H2,22,23,26)/t19-/m0/s1. The molecule has 1 aliphatic rings. The predicted molar refractivity (Wildman–Crippen MR) is 113 cm³/mol. The normalized spacial score (nSPS) is 16.8. The van der Waals surface area contributed by atoms with Gasteiger partial charge in [0, 0.05) is 18.0 Å². The lowest BCUT2D eigenvalue weighted by Gasteiger charge is -2.33. The van der Waals surface area contributed by atoms with Crippen molar-refractivity contribution in [3.8, 4) is 0 Å². The quantitative estimate of drug-likeness (QED) is 0.717. The van der Waals surface area contributed by atoms with E-state index in [9.17, 15) is 9.90 Å². The van der Waals surface area contributed by atoms with E-state index in [4.69, 9.17) is 0 Å². The molecule has 0 unspecified atom stereocenters. The molecule has 1 aromatic heterocycles. The topological polar surface area (TPSA) is 64.6 Å². The summed E-state index contributed by atoms with van der Waals surface area (Å²) in [7, 11) is 0. The minimum absolute atomic E-state index is 0.0604. The van der Waals surface area contributed by atoms with E-state index in [0.717, 1.165) is 42.2 Å². The number of amides is 2. The van der Waals surface area contributed by atoms with Gasteiger partial charge in [-0.25, -0.2) is 4.79 Å². The summed E-state index contributed by atoms with van der Waals surface area (Å²) in [5.74, 6) is 0. The highest BCUT2D eigenvalue weighted by atomic mass is 32.1. The number of hydrogen-bond acceptors (Lipinski definition) is 4. The molecule has 0 radical (unpaired) electrons. The molecule has 1 aliphatic heterocycles. The Kier molecular flexibility index (Phi) is 6.07. The highest BCUT2D eigenvalue weighted by molar-refractivity contribution is 7.10. The van der Waals surface area contributed by atoms with E-state index < -0.39 is 0 Å². The summed E-state index contributed by atoms with van der Waals surface area (Å²) in [5, 5.41) is 18.0. The summed E-state index contributed by atoms with van der Waals surface area (Å²) in [6.45, 7) is 7.97. The Morgan fingerprint density at radius 1 is 1.19 bits per heavy atom. The fourth-order valence-electron chi connectivity index (χ4n) is 3.42. The molecule has 2 aromatic rings. The van der Waals surface area contributed by atoms with E-state index in [1.807, 2.05) is 35.7 Å². The van der Waals surface area contributed by atoms with Crippen LogP contribution in [0.3, 0.4) is 0 Å². The van der Waals surface area contributed by atoms with E-state index in [1.54, 1.807) is 11.3 Å². The van der Waals surface area contributed by atoms with Gasteiger partial charge in [0.1, 0.15) is 0 Å². The number of urea groups is 1. The van der Waals surface area contributed by atoms with Crippen molar-refractivity contribution in [3.05, 3.63) is 46.7 Å². The predicted octanol–water partition coefficient (Wildman–Crippen LogP) is 4.62. The van der Waals surface area contributed by atoms with Gasteiger partial charge in [0.15, 0.2) is 0 Å². The van der Waals surface area contributed by atoms with Crippen molar-refractivity contribution in [1.82, 2.24) is 5.32 Å². The van der Waals surface area contributed by atoms with Crippen molar-refractivity contribution in [3.63, 3.8) is 0 Å². The third-order valence-electron chi connectivity index (χ3n) is 4.93. The smallest absolute Gasteiger partial charge is 0.319 e. The van der Waals surface area contributed by atoms with Crippen LogP contribution in [0.5, 0.6) is 0 Å². The van der Waals surface area contributed by atoms with Crippen molar-refractivity contribution < 1.29 is 9.90 Å². The molecule has 1 atom stereocenters. The van der Waals surface area contributed by atoms with E-state index in [2.05, 4.69) is 42.4 Å². The first-order valence-electron chi connectivity index (χ1n) is 9.47.